The molecule has 0 rings (SSSR count). The molecule has 0 aliphatic carbocycles. The largest absolute Gasteiger partial charge is 0.126 e. The van der Waals surface area contributed by atoms with Crippen molar-refractivity contribution >= 4 is 0 Å². The van der Waals surface area contributed by atoms with Gasteiger partial charge in [-0.15, -0.1) is 5.73 Å². The fraction of sp³-hybridized carbons (Fsp3) is 0.625. The summed E-state index contributed by atoms with van der Waals surface area (Å²) in [7, 11) is 0. The van der Waals surface area contributed by atoms with E-state index in [-0.39, 0.29) is 0 Å². The van der Waals surface area contributed by atoms with E-state index in [2.05, 4.69) is 39.5 Å². The molecule has 0 spiro atoms. The lowest BCUT2D eigenvalue weighted by atomic mass is 10.2. The lowest BCUT2D eigenvalue weighted by molar-refractivity contribution is 0.832. The minimum absolute atomic E-state index is 0.630. The van der Waals surface area contributed by atoms with Crippen LogP contribution in [0.5, 0.6) is 0 Å². The second-order valence-corrected chi connectivity index (χ2v) is 2.56. The van der Waals surface area contributed by atoms with Crippen molar-refractivity contribution in [3.8, 4) is 0 Å². The lowest BCUT2D eigenvalue weighted by Crippen LogP contribution is -1.73. The van der Waals surface area contributed by atoms with Gasteiger partial charge in [-0.3, -0.25) is 0 Å². The van der Waals surface area contributed by atoms with Gasteiger partial charge in [0.15, 0.2) is 0 Å². The number of hydrogen-bond acceptors (Lipinski definition) is 0. The molecule has 0 aromatic rings. The summed E-state index contributed by atoms with van der Waals surface area (Å²) in [5.41, 5.74) is 4.39. The Morgan fingerprint density at radius 3 is 2.00 bits per heavy atom. The van der Waals surface area contributed by atoms with E-state index < -0.39 is 0 Å². The van der Waals surface area contributed by atoms with Crippen LogP contribution in [0.15, 0.2) is 17.4 Å². The Morgan fingerprint density at radius 1 is 1.38 bits per heavy atom. The van der Waals surface area contributed by atoms with Gasteiger partial charge in [-0.2, -0.15) is 0 Å². The van der Waals surface area contributed by atoms with E-state index in [4.69, 9.17) is 0 Å². The van der Waals surface area contributed by atoms with Crippen molar-refractivity contribution in [3.05, 3.63) is 17.4 Å². The van der Waals surface area contributed by atoms with Gasteiger partial charge in [0.1, 0.15) is 0 Å². The first kappa shape index (κ1) is 7.52. The molecule has 0 aromatic heterocycles. The Balaban J connectivity index is 3.82. The van der Waals surface area contributed by atoms with E-state index in [1.165, 1.54) is 5.57 Å². The van der Waals surface area contributed by atoms with Crippen LogP contribution in [0.2, 0.25) is 0 Å². The maximum Gasteiger partial charge on any atom is -0.0214 e. The van der Waals surface area contributed by atoms with Gasteiger partial charge in [-0.25, -0.2) is 0 Å². The van der Waals surface area contributed by atoms with Crippen LogP contribution in [0.25, 0.3) is 0 Å². The minimum Gasteiger partial charge on any atom is -0.126 e. The predicted octanol–water partition coefficient (Wildman–Crippen LogP) is 2.76. The first-order chi connectivity index (χ1) is 3.63. The van der Waals surface area contributed by atoms with Crippen LogP contribution in [0.1, 0.15) is 27.7 Å². The third kappa shape index (κ3) is 5.52. The minimum atomic E-state index is 0.630. The molecule has 0 fully saturated rings. The molecule has 0 amide bonds. The molecule has 0 saturated carbocycles. The average Bonchev–Trinajstić information content (AvgIpc) is 1.61. The topological polar surface area (TPSA) is 0 Å². The van der Waals surface area contributed by atoms with Crippen molar-refractivity contribution in [3.63, 3.8) is 0 Å². The molecule has 0 atom stereocenters. The smallest absolute Gasteiger partial charge is 0.0214 e. The summed E-state index contributed by atoms with van der Waals surface area (Å²) in [5.74, 6) is 0.630. The SMILES string of the molecule is CC(C)=C=CC(C)C. The molecule has 0 aliphatic heterocycles. The molecule has 0 aromatic carbocycles. The van der Waals surface area contributed by atoms with Crippen LogP contribution in [-0.4, -0.2) is 0 Å². The molecular weight excluding hydrogens is 96.1 g/mol. The summed E-state index contributed by atoms with van der Waals surface area (Å²) in [4.78, 5) is 0. The number of hydrogen-bond donors (Lipinski definition) is 0. The molecule has 0 heteroatoms. The Morgan fingerprint density at radius 2 is 1.88 bits per heavy atom. The molecule has 0 aliphatic rings. The van der Waals surface area contributed by atoms with E-state index in [0.717, 1.165) is 0 Å². The highest BCUT2D eigenvalue weighted by molar-refractivity contribution is 4.94. The molecular formula is C8H14. The summed E-state index contributed by atoms with van der Waals surface area (Å²) in [6.45, 7) is 8.41. The van der Waals surface area contributed by atoms with Crippen molar-refractivity contribution in [1.29, 1.82) is 0 Å². The molecule has 0 saturated heterocycles. The molecule has 8 heavy (non-hydrogen) atoms. The Kier molecular flexibility index (Phi) is 3.30. The maximum absolute atomic E-state index is 3.14. The van der Waals surface area contributed by atoms with Gasteiger partial charge in [0.05, 0.1) is 0 Å². The third-order valence-corrected chi connectivity index (χ3v) is 0.705. The van der Waals surface area contributed by atoms with Gasteiger partial charge in [0.25, 0.3) is 0 Å². The fourth-order valence-corrected chi connectivity index (χ4v) is 0.333. The van der Waals surface area contributed by atoms with Crippen molar-refractivity contribution in [2.45, 2.75) is 27.7 Å². The van der Waals surface area contributed by atoms with E-state index in [0.29, 0.717) is 5.92 Å². The molecule has 0 bridgehead atoms. The van der Waals surface area contributed by atoms with Gasteiger partial charge in [0, 0.05) is 0 Å². The summed E-state index contributed by atoms with van der Waals surface area (Å²) in [6, 6.07) is 0. The van der Waals surface area contributed by atoms with E-state index in [1.807, 2.05) is 0 Å². The zero-order valence-corrected chi connectivity index (χ0v) is 6.15. The van der Waals surface area contributed by atoms with Crippen LogP contribution in [-0.2, 0) is 0 Å². The summed E-state index contributed by atoms with van der Waals surface area (Å²) >= 11 is 0. The Bertz CT molecular complexity index is 108. The maximum atomic E-state index is 3.14. The molecule has 46 valence electrons. The highest BCUT2D eigenvalue weighted by atomic mass is 13.8. The molecule has 0 heterocycles. The number of allylic oxidation sites excluding steroid dienone is 1. The Hall–Kier alpha value is -0.480. The van der Waals surface area contributed by atoms with Gasteiger partial charge >= 0.3 is 0 Å². The summed E-state index contributed by atoms with van der Waals surface area (Å²) < 4.78 is 0. The second kappa shape index (κ2) is 3.51. The van der Waals surface area contributed by atoms with Crippen molar-refractivity contribution in [2.24, 2.45) is 5.92 Å². The molecule has 0 nitrogen and oxygen atoms in total. The van der Waals surface area contributed by atoms with E-state index >= 15 is 0 Å². The van der Waals surface area contributed by atoms with Gasteiger partial charge in [-0.1, -0.05) is 13.8 Å². The first-order valence-corrected chi connectivity index (χ1v) is 3.03. The lowest BCUT2D eigenvalue weighted by Gasteiger charge is -1.86. The van der Waals surface area contributed by atoms with Crippen molar-refractivity contribution in [2.75, 3.05) is 0 Å². The van der Waals surface area contributed by atoms with Crippen molar-refractivity contribution in [1.82, 2.24) is 0 Å². The standard InChI is InChI=1S/C8H14/c1-7(2)5-6-8(3)4/h5,7H,1-4H3. The molecule has 0 radical (unpaired) electrons. The quantitative estimate of drug-likeness (QED) is 0.455. The Labute approximate surface area is 51.9 Å². The fourth-order valence-electron chi connectivity index (χ4n) is 0.333. The predicted molar refractivity (Wildman–Crippen MR) is 37.8 cm³/mol. The van der Waals surface area contributed by atoms with Gasteiger partial charge in [0.2, 0.25) is 0 Å². The van der Waals surface area contributed by atoms with Crippen LogP contribution >= 0.6 is 0 Å². The van der Waals surface area contributed by atoms with E-state index in [1.54, 1.807) is 0 Å². The highest BCUT2D eigenvalue weighted by Gasteiger charge is 1.78. The van der Waals surface area contributed by atoms with Gasteiger partial charge < -0.3 is 0 Å². The zero-order valence-electron chi connectivity index (χ0n) is 6.15. The monoisotopic (exact) mass is 110 g/mol. The van der Waals surface area contributed by atoms with E-state index in [9.17, 15) is 0 Å². The van der Waals surface area contributed by atoms with Gasteiger partial charge in [-0.05, 0) is 31.4 Å². The van der Waals surface area contributed by atoms with Crippen molar-refractivity contribution < 1.29 is 0 Å². The summed E-state index contributed by atoms with van der Waals surface area (Å²) in [5, 5.41) is 0. The molecule has 0 unspecified atom stereocenters. The second-order valence-electron chi connectivity index (χ2n) is 2.56. The zero-order chi connectivity index (χ0) is 6.57. The third-order valence-electron chi connectivity index (χ3n) is 0.705. The first-order valence-electron chi connectivity index (χ1n) is 3.03. The van der Waals surface area contributed by atoms with Crippen LogP contribution in [0, 0.1) is 5.92 Å². The van der Waals surface area contributed by atoms with Crippen LogP contribution in [0.4, 0.5) is 0 Å². The molecule has 0 N–H and O–H groups in total. The van der Waals surface area contributed by atoms with Crippen LogP contribution < -0.4 is 0 Å². The summed E-state index contributed by atoms with van der Waals surface area (Å²) in [6.07, 6.45) is 2.08. The normalized spacial score (nSPS) is 8.62. The highest BCUT2D eigenvalue weighted by Crippen LogP contribution is 1.93. The number of rotatable bonds is 1. The average molecular weight is 110 g/mol. The van der Waals surface area contributed by atoms with Crippen LogP contribution in [0.3, 0.4) is 0 Å².